The molecule has 0 atom stereocenters. The summed E-state index contributed by atoms with van der Waals surface area (Å²) in [7, 11) is -6.89. The topological polar surface area (TPSA) is 132 Å². The molecule has 0 aromatic heterocycles. The van der Waals surface area contributed by atoms with Crippen LogP contribution in [-0.4, -0.2) is 35.4 Å². The second kappa shape index (κ2) is 5.12. The number of primary sulfonamides is 1. The van der Waals surface area contributed by atoms with E-state index in [-0.39, 0.29) is 22.9 Å². The van der Waals surface area contributed by atoms with E-state index in [1.165, 1.54) is 18.2 Å². The molecule has 0 aliphatic heterocycles. The molecule has 1 rings (SSSR count). The number of rotatable bonds is 5. The Bertz CT molecular complexity index is 638. The molecule has 18 heavy (non-hydrogen) atoms. The molecule has 0 amide bonds. The first-order valence-electron chi connectivity index (χ1n) is 4.93. The summed E-state index contributed by atoms with van der Waals surface area (Å²) < 4.78 is 44.0. The SMILES string of the molecule is CS(=O)(=O)CCNc1ccc(S(N)(=O)=O)c(N)c1. The summed E-state index contributed by atoms with van der Waals surface area (Å²) in [5.41, 5.74) is 6.09. The van der Waals surface area contributed by atoms with Crippen molar-refractivity contribution in [2.75, 3.05) is 29.6 Å². The van der Waals surface area contributed by atoms with Gasteiger partial charge in [0, 0.05) is 18.5 Å². The number of hydrogen-bond donors (Lipinski definition) is 3. The highest BCUT2D eigenvalue weighted by Gasteiger charge is 2.12. The van der Waals surface area contributed by atoms with E-state index in [1.807, 2.05) is 0 Å². The smallest absolute Gasteiger partial charge is 0.240 e. The van der Waals surface area contributed by atoms with Crippen molar-refractivity contribution in [1.82, 2.24) is 0 Å². The van der Waals surface area contributed by atoms with Crippen molar-refractivity contribution < 1.29 is 16.8 Å². The number of nitrogens with one attached hydrogen (secondary N) is 1. The zero-order valence-electron chi connectivity index (χ0n) is 9.75. The molecule has 0 unspecified atom stereocenters. The summed E-state index contributed by atoms with van der Waals surface area (Å²) in [5, 5.41) is 7.78. The van der Waals surface area contributed by atoms with Crippen molar-refractivity contribution in [2.45, 2.75) is 4.90 Å². The second-order valence-electron chi connectivity index (χ2n) is 3.85. The van der Waals surface area contributed by atoms with E-state index >= 15 is 0 Å². The second-order valence-corrected chi connectivity index (χ2v) is 7.64. The van der Waals surface area contributed by atoms with Gasteiger partial charge in [0.05, 0.1) is 11.4 Å². The minimum atomic E-state index is -3.84. The van der Waals surface area contributed by atoms with E-state index in [4.69, 9.17) is 10.9 Å². The Labute approximate surface area is 106 Å². The molecular weight excluding hydrogens is 278 g/mol. The Morgan fingerprint density at radius 2 is 1.83 bits per heavy atom. The van der Waals surface area contributed by atoms with Crippen molar-refractivity contribution >= 4 is 31.2 Å². The molecule has 0 aliphatic rings. The molecular formula is C9H15N3O4S2. The Kier molecular flexibility index (Phi) is 4.20. The van der Waals surface area contributed by atoms with Gasteiger partial charge >= 0.3 is 0 Å². The van der Waals surface area contributed by atoms with Crippen LogP contribution < -0.4 is 16.2 Å². The van der Waals surface area contributed by atoms with Gasteiger partial charge in [-0.3, -0.25) is 0 Å². The first kappa shape index (κ1) is 14.7. The largest absolute Gasteiger partial charge is 0.398 e. The third-order valence-electron chi connectivity index (χ3n) is 2.12. The summed E-state index contributed by atoms with van der Waals surface area (Å²) in [4.78, 5) is -0.156. The van der Waals surface area contributed by atoms with Crippen LogP contribution in [0.4, 0.5) is 11.4 Å². The van der Waals surface area contributed by atoms with Gasteiger partial charge in [0.1, 0.15) is 14.7 Å². The highest BCUT2D eigenvalue weighted by molar-refractivity contribution is 7.90. The predicted octanol–water partition coefficient (Wildman–Crippen LogP) is -0.627. The van der Waals surface area contributed by atoms with Crippen molar-refractivity contribution in [3.63, 3.8) is 0 Å². The third-order valence-corrected chi connectivity index (χ3v) is 4.05. The monoisotopic (exact) mass is 293 g/mol. The minimum absolute atomic E-state index is 0.0156. The Morgan fingerprint density at radius 1 is 1.22 bits per heavy atom. The lowest BCUT2D eigenvalue weighted by atomic mass is 10.3. The number of benzene rings is 1. The molecule has 102 valence electrons. The quantitative estimate of drug-likeness (QED) is 0.619. The summed E-state index contributed by atoms with van der Waals surface area (Å²) >= 11 is 0. The van der Waals surface area contributed by atoms with Crippen LogP contribution in [0.5, 0.6) is 0 Å². The molecule has 0 bridgehead atoms. The van der Waals surface area contributed by atoms with Gasteiger partial charge in [0.2, 0.25) is 10.0 Å². The lowest BCUT2D eigenvalue weighted by molar-refractivity contribution is 0.597. The van der Waals surface area contributed by atoms with Crippen LogP contribution in [0.25, 0.3) is 0 Å². The fourth-order valence-corrected chi connectivity index (χ4v) is 2.42. The zero-order chi connectivity index (χ0) is 14.0. The highest BCUT2D eigenvalue weighted by atomic mass is 32.2. The molecule has 0 aliphatic carbocycles. The normalized spacial score (nSPS) is 12.3. The standard InChI is InChI=1S/C9H15N3O4S2/c1-17(13,14)5-4-12-7-2-3-9(8(10)6-7)18(11,15)16/h2-3,6,12H,4-5,10H2,1H3,(H2,11,15,16). The van der Waals surface area contributed by atoms with E-state index in [2.05, 4.69) is 5.32 Å². The Hall–Kier alpha value is -1.32. The van der Waals surface area contributed by atoms with Gasteiger partial charge in [-0.1, -0.05) is 0 Å². The average Bonchev–Trinajstić information content (AvgIpc) is 2.13. The molecule has 9 heteroatoms. The maximum atomic E-state index is 11.1. The van der Waals surface area contributed by atoms with Crippen molar-refractivity contribution in [1.29, 1.82) is 0 Å². The van der Waals surface area contributed by atoms with Crippen LogP contribution in [-0.2, 0) is 19.9 Å². The summed E-state index contributed by atoms with van der Waals surface area (Å²) in [6.07, 6.45) is 1.13. The Morgan fingerprint density at radius 3 is 2.28 bits per heavy atom. The summed E-state index contributed by atoms with van der Waals surface area (Å²) in [6.45, 7) is 0.215. The van der Waals surface area contributed by atoms with Gasteiger partial charge in [-0.25, -0.2) is 22.0 Å². The predicted molar refractivity (Wildman–Crippen MR) is 70.4 cm³/mol. The van der Waals surface area contributed by atoms with Crippen LogP contribution in [0.3, 0.4) is 0 Å². The number of anilines is 2. The molecule has 5 N–H and O–H groups in total. The van der Waals surface area contributed by atoms with Gasteiger partial charge in [-0.05, 0) is 18.2 Å². The van der Waals surface area contributed by atoms with E-state index in [0.29, 0.717) is 5.69 Å². The number of sulfone groups is 1. The van der Waals surface area contributed by atoms with E-state index in [0.717, 1.165) is 6.26 Å². The first-order chi connectivity index (χ1) is 8.09. The van der Waals surface area contributed by atoms with Gasteiger partial charge < -0.3 is 11.1 Å². The number of nitrogens with two attached hydrogens (primary N) is 2. The van der Waals surface area contributed by atoms with Gasteiger partial charge in [0.25, 0.3) is 0 Å². The van der Waals surface area contributed by atoms with Crippen molar-refractivity contribution in [2.24, 2.45) is 5.14 Å². The number of hydrogen-bond acceptors (Lipinski definition) is 6. The van der Waals surface area contributed by atoms with Crippen molar-refractivity contribution in [3.05, 3.63) is 18.2 Å². The van der Waals surface area contributed by atoms with Crippen LogP contribution in [0.15, 0.2) is 23.1 Å². The summed E-state index contributed by atoms with van der Waals surface area (Å²) in [6, 6.07) is 4.13. The molecule has 1 aromatic rings. The summed E-state index contributed by atoms with van der Waals surface area (Å²) in [5.74, 6) is -0.0240. The average molecular weight is 293 g/mol. The Balaban J connectivity index is 2.80. The lowest BCUT2D eigenvalue weighted by Crippen LogP contribution is -2.16. The van der Waals surface area contributed by atoms with Crippen LogP contribution in [0.2, 0.25) is 0 Å². The first-order valence-corrected chi connectivity index (χ1v) is 8.54. The molecule has 0 heterocycles. The van der Waals surface area contributed by atoms with Crippen LogP contribution in [0, 0.1) is 0 Å². The maximum Gasteiger partial charge on any atom is 0.240 e. The molecule has 0 fully saturated rings. The van der Waals surface area contributed by atoms with E-state index in [1.54, 1.807) is 0 Å². The van der Waals surface area contributed by atoms with Gasteiger partial charge in [-0.2, -0.15) is 0 Å². The fraction of sp³-hybridized carbons (Fsp3) is 0.333. The minimum Gasteiger partial charge on any atom is -0.398 e. The molecule has 7 nitrogen and oxygen atoms in total. The van der Waals surface area contributed by atoms with E-state index < -0.39 is 19.9 Å². The third kappa shape index (κ3) is 4.51. The molecule has 0 spiro atoms. The van der Waals surface area contributed by atoms with E-state index in [9.17, 15) is 16.8 Å². The molecule has 1 aromatic carbocycles. The van der Waals surface area contributed by atoms with Crippen LogP contribution >= 0.6 is 0 Å². The zero-order valence-corrected chi connectivity index (χ0v) is 11.4. The fourth-order valence-electron chi connectivity index (χ4n) is 1.30. The lowest BCUT2D eigenvalue weighted by Gasteiger charge is -2.08. The highest BCUT2D eigenvalue weighted by Crippen LogP contribution is 2.21. The maximum absolute atomic E-state index is 11.1. The van der Waals surface area contributed by atoms with Crippen LogP contribution in [0.1, 0.15) is 0 Å². The molecule has 0 radical (unpaired) electrons. The number of nitrogen functional groups attached to an aromatic ring is 1. The van der Waals surface area contributed by atoms with Crippen molar-refractivity contribution in [3.8, 4) is 0 Å². The molecule has 0 saturated heterocycles. The number of sulfonamides is 1. The molecule has 0 saturated carbocycles. The van der Waals surface area contributed by atoms with Gasteiger partial charge in [0.15, 0.2) is 0 Å². The van der Waals surface area contributed by atoms with Gasteiger partial charge in [-0.15, -0.1) is 0 Å².